The van der Waals surface area contributed by atoms with Crippen LogP contribution >= 0.6 is 0 Å². The fourth-order valence-corrected chi connectivity index (χ4v) is 16.5. The molecule has 18 rings (SSSR count). The molecule has 0 spiro atoms. The van der Waals surface area contributed by atoms with E-state index in [1.54, 1.807) is 14.7 Å². The molecule has 6 aliphatic heterocycles. The number of pyridine rings is 3. The van der Waals surface area contributed by atoms with Gasteiger partial charge in [0.1, 0.15) is 51.6 Å². The number of carboxylic acid groups (broad SMARTS) is 1. The van der Waals surface area contributed by atoms with Crippen molar-refractivity contribution in [1.29, 1.82) is 0 Å². The van der Waals surface area contributed by atoms with Crippen molar-refractivity contribution in [2.45, 2.75) is 209 Å². The van der Waals surface area contributed by atoms with Gasteiger partial charge in [0.15, 0.2) is 53.0 Å². The molecule has 3 aromatic heterocycles. The van der Waals surface area contributed by atoms with Gasteiger partial charge in [-0.3, -0.25) is 38.4 Å². The van der Waals surface area contributed by atoms with Crippen LogP contribution in [0.1, 0.15) is 197 Å². The molecule has 3 unspecified atom stereocenters. The second-order valence-corrected chi connectivity index (χ2v) is 28.3. The van der Waals surface area contributed by atoms with Crippen LogP contribution in [0.4, 0.5) is 26.3 Å². The Kier molecular flexibility index (Phi) is 18.8. The third-order valence-corrected chi connectivity index (χ3v) is 22.1. The fourth-order valence-electron chi connectivity index (χ4n) is 16.5. The molecule has 9 fully saturated rings. The molecule has 6 bridgehead atoms. The van der Waals surface area contributed by atoms with E-state index in [1.165, 1.54) is 63.7 Å². The van der Waals surface area contributed by atoms with E-state index >= 15 is 0 Å². The first kappa shape index (κ1) is 72.5. The Morgan fingerprint density at radius 2 is 0.856 bits per heavy atom. The number of aromatic nitrogens is 3. The molecule has 6 aliphatic carbocycles. The van der Waals surface area contributed by atoms with E-state index < -0.39 is 133 Å². The lowest BCUT2D eigenvalue weighted by Crippen LogP contribution is -2.57. The van der Waals surface area contributed by atoms with E-state index in [0.29, 0.717) is 37.8 Å². The SMILES string of the molecule is C.C.COc1c2n(cc(C(=O)O)c1=O)CC1O[C@H]3CC[C@H](C3)N1C2=O.NC1(c2ccc(F)cc2F)CC1.O=C(NC1(c2ccc(F)cc2F)CC1)c1cn2c(c(O)c1=O)C(=O)N1C(C2)O[C@H]2CC[C@@H]1C2.O=C(NC1(c2ccc(F)cc2F)CCC1)c1cn2c(c(O)c1=O)C(=O)N1C(C2)O[C@H]2CC[C@@H]1C2. The molecular weight excluding hydrogens is 1370 g/mol. The molecule has 25 nitrogen and oxygen atoms in total. The summed E-state index contributed by atoms with van der Waals surface area (Å²) in [5.74, 6) is -10.2. The normalized spacial score (nSPS) is 25.6. The van der Waals surface area contributed by atoms with E-state index in [4.69, 9.17) is 24.7 Å². The van der Waals surface area contributed by atoms with Crippen molar-refractivity contribution in [1.82, 2.24) is 39.0 Å². The quantitative estimate of drug-likeness (QED) is 0.0751. The Labute approximate surface area is 590 Å². The first-order valence-corrected chi connectivity index (χ1v) is 33.9. The summed E-state index contributed by atoms with van der Waals surface area (Å²) >= 11 is 0. The number of aromatic hydroxyl groups is 2. The minimum absolute atomic E-state index is 0. The van der Waals surface area contributed by atoms with Gasteiger partial charge in [0.25, 0.3) is 29.5 Å². The van der Waals surface area contributed by atoms with Crippen LogP contribution in [0.5, 0.6) is 17.2 Å². The number of hydrogen-bond acceptors (Lipinski definition) is 16. The maximum absolute atomic E-state index is 14.5. The highest BCUT2D eigenvalue weighted by Gasteiger charge is 2.53. The third-order valence-electron chi connectivity index (χ3n) is 22.1. The first-order chi connectivity index (χ1) is 48.7. The number of nitrogens with two attached hydrogens (primary N) is 1. The fraction of sp³-hybridized carbons (Fsp3) is 0.466. The largest absolute Gasteiger partial charge is 0.503 e. The van der Waals surface area contributed by atoms with Crippen LogP contribution in [-0.4, -0.2) is 141 Å². The monoisotopic (exact) mass is 1450 g/mol. The van der Waals surface area contributed by atoms with Gasteiger partial charge in [0, 0.05) is 77.1 Å². The zero-order valence-electron chi connectivity index (χ0n) is 54.7. The molecule has 3 saturated heterocycles. The maximum Gasteiger partial charge on any atom is 0.341 e. The Morgan fingerprint density at radius 3 is 1.19 bits per heavy atom. The van der Waals surface area contributed by atoms with Crippen molar-refractivity contribution in [2.24, 2.45) is 5.73 Å². The number of amides is 5. The standard InChI is InChI=1S/C24H23F2N3O5.C23H21F2N3O5.C15H16N2O6.C9H9F2N.2CH4/c25-12-2-5-16(17(26)8-12)24(6-1-7-24)27-22(32)15-10-28-11-18-29(13-3-4-14(9-13)34-18)23(33)19(28)21(31)20(15)30;24-11-1-4-15(16(25)7-11)23(5-6-23)26-21(31)14-9-27-10-17-28(12-2-3-13(8-12)33-17)22(32)18(27)20(30)19(14)29;1-22-13-11-14(19)17-7-2-3-8(4-7)23-10(17)6-16(11)5-9(12(13)18)15(20)21;10-6-1-2-7(8(11)5-6)9(12)3-4-9;;/h2,5,8,10,13-14,18,31H,1,3-4,6-7,9,11H2,(H,27,32);1,4,7,9,12-13,17,30H,2-3,5-6,8,10H2,(H,26,31);5,7-8,10H,2-4,6H2,1H3,(H,20,21);1-2,5H,3-4,12H2;2*1H4/t13-,14+,18?;12-,13+,17?;7-,8+,10?;;;/m111.../s1. The molecule has 0 radical (unpaired) electrons. The van der Waals surface area contributed by atoms with Crippen molar-refractivity contribution in [3.8, 4) is 17.2 Å². The summed E-state index contributed by atoms with van der Waals surface area (Å²) in [4.78, 5) is 120. The van der Waals surface area contributed by atoms with Gasteiger partial charge in [-0.1, -0.05) is 33.1 Å². The number of nitrogens with one attached hydrogen (secondary N) is 2. The zero-order valence-corrected chi connectivity index (χ0v) is 54.7. The second kappa shape index (κ2) is 27.0. The second-order valence-electron chi connectivity index (χ2n) is 28.3. The van der Waals surface area contributed by atoms with E-state index in [0.717, 1.165) is 107 Å². The number of benzene rings is 3. The Bertz CT molecular complexity index is 4770. The lowest BCUT2D eigenvalue weighted by molar-refractivity contribution is -0.132. The molecule has 9 atom stereocenters. The predicted molar refractivity (Wildman–Crippen MR) is 355 cm³/mol. The van der Waals surface area contributed by atoms with Crippen molar-refractivity contribution in [3.63, 3.8) is 0 Å². The van der Waals surface area contributed by atoms with E-state index in [1.807, 2.05) is 0 Å². The van der Waals surface area contributed by atoms with Gasteiger partial charge in [-0.2, -0.15) is 0 Å². The summed E-state index contributed by atoms with van der Waals surface area (Å²) in [6, 6.07) is 9.98. The number of nitrogens with zero attached hydrogens (tertiary/aromatic N) is 6. The van der Waals surface area contributed by atoms with Crippen molar-refractivity contribution in [3.05, 3.63) is 189 Å². The average molecular weight is 1450 g/mol. The molecule has 9 heterocycles. The summed E-state index contributed by atoms with van der Waals surface area (Å²) < 4.78 is 108. The number of rotatable bonds is 9. The van der Waals surface area contributed by atoms with E-state index in [2.05, 4.69) is 10.6 Å². The lowest BCUT2D eigenvalue weighted by atomic mass is 9.71. The van der Waals surface area contributed by atoms with Gasteiger partial charge in [-0.15, -0.1) is 0 Å². The number of fused-ring (bicyclic) bond motifs is 15. The summed E-state index contributed by atoms with van der Waals surface area (Å²) in [7, 11) is 1.26. The molecule has 3 aromatic carbocycles. The summed E-state index contributed by atoms with van der Waals surface area (Å²) in [5, 5.41) is 35.9. The van der Waals surface area contributed by atoms with Crippen molar-refractivity contribution < 1.29 is 89.4 Å². The molecule has 6 saturated carbocycles. The molecule has 6 aromatic rings. The highest BCUT2D eigenvalue weighted by Crippen LogP contribution is 2.49. The molecule has 7 N–H and O–H groups in total. The van der Waals surface area contributed by atoms with E-state index in [-0.39, 0.29) is 115 Å². The van der Waals surface area contributed by atoms with Crippen LogP contribution in [0.25, 0.3) is 0 Å². The van der Waals surface area contributed by atoms with Crippen molar-refractivity contribution >= 4 is 35.5 Å². The van der Waals surface area contributed by atoms with Gasteiger partial charge in [0.2, 0.25) is 16.3 Å². The average Bonchev–Trinajstić information content (AvgIpc) is 0.847. The zero-order chi connectivity index (χ0) is 71.9. The highest BCUT2D eigenvalue weighted by atomic mass is 19.2. The molecule has 104 heavy (non-hydrogen) atoms. The van der Waals surface area contributed by atoms with Crippen LogP contribution in [0.2, 0.25) is 0 Å². The topological polar surface area (TPSA) is 326 Å². The number of methoxy groups -OCH3 is 1. The number of ether oxygens (including phenoxy) is 4. The predicted octanol–water partition coefficient (Wildman–Crippen LogP) is 7.83. The van der Waals surface area contributed by atoms with Gasteiger partial charge < -0.3 is 79.0 Å². The Hall–Kier alpha value is -9.85. The van der Waals surface area contributed by atoms with Gasteiger partial charge in [-0.05, 0) is 121 Å². The summed E-state index contributed by atoms with van der Waals surface area (Å²) in [6.45, 7) is 0.658. The molecule has 552 valence electrons. The highest BCUT2D eigenvalue weighted by molar-refractivity contribution is 6.01. The minimum atomic E-state index is -1.34. The summed E-state index contributed by atoms with van der Waals surface area (Å²) in [6.07, 6.45) is 13.9. The smallest absolute Gasteiger partial charge is 0.341 e. The maximum atomic E-state index is 14.5. The van der Waals surface area contributed by atoms with Gasteiger partial charge >= 0.3 is 5.97 Å². The number of aromatic carboxylic acids is 1. The number of carboxylic acids is 1. The number of carbonyl (C=O) groups is 6. The van der Waals surface area contributed by atoms with Crippen molar-refractivity contribution in [2.75, 3.05) is 7.11 Å². The van der Waals surface area contributed by atoms with Crippen LogP contribution in [-0.2, 0) is 50.5 Å². The Morgan fingerprint density at radius 1 is 0.500 bits per heavy atom. The van der Waals surface area contributed by atoms with Crippen LogP contribution in [0.15, 0.2) is 87.6 Å². The number of halogens is 6. The van der Waals surface area contributed by atoms with E-state index in [9.17, 15) is 84.8 Å². The third kappa shape index (κ3) is 12.4. The first-order valence-electron chi connectivity index (χ1n) is 33.9. The number of carbonyl (C=O) groups excluding carboxylic acids is 5. The molecule has 12 aliphatic rings. The van der Waals surface area contributed by atoms with Gasteiger partial charge in [-0.25, -0.2) is 31.1 Å². The molecule has 31 heteroatoms. The molecular formula is C73H77F6N9O16. The Balaban J connectivity index is 0.000000129. The molecule has 5 amide bonds. The summed E-state index contributed by atoms with van der Waals surface area (Å²) in [5.41, 5.74) is -0.209. The number of hydrogen-bond donors (Lipinski definition) is 6. The van der Waals surface area contributed by atoms with Crippen LogP contribution < -0.4 is 37.4 Å². The minimum Gasteiger partial charge on any atom is -0.503 e. The lowest BCUT2D eigenvalue weighted by Gasteiger charge is -2.44. The van der Waals surface area contributed by atoms with Crippen LogP contribution in [0.3, 0.4) is 0 Å². The van der Waals surface area contributed by atoms with Gasteiger partial charge in [0.05, 0.1) is 56.1 Å². The van der Waals surface area contributed by atoms with Crippen LogP contribution in [0, 0.1) is 34.9 Å².